The van der Waals surface area contributed by atoms with Gasteiger partial charge in [-0.15, -0.1) is 11.3 Å². The molecular formula is C20H19NO5S3. The van der Waals surface area contributed by atoms with E-state index in [1.165, 1.54) is 29.5 Å². The van der Waals surface area contributed by atoms with Crippen LogP contribution in [-0.2, 0) is 26.1 Å². The van der Waals surface area contributed by atoms with Crippen molar-refractivity contribution in [1.82, 2.24) is 4.98 Å². The van der Waals surface area contributed by atoms with E-state index in [-0.39, 0.29) is 15.4 Å². The molecule has 1 atom stereocenters. The van der Waals surface area contributed by atoms with Gasteiger partial charge >= 0.3 is 0 Å². The molecule has 0 radical (unpaired) electrons. The highest BCUT2D eigenvalue weighted by Gasteiger charge is 2.45. The van der Waals surface area contributed by atoms with Gasteiger partial charge in [-0.1, -0.05) is 24.3 Å². The molecule has 0 saturated carbocycles. The Balaban J connectivity index is 1.70. The second-order valence-corrected chi connectivity index (χ2v) is 11.8. The van der Waals surface area contributed by atoms with E-state index in [0.29, 0.717) is 18.8 Å². The Labute approximate surface area is 174 Å². The minimum absolute atomic E-state index is 0.0356. The first-order valence-electron chi connectivity index (χ1n) is 8.97. The highest BCUT2D eigenvalue weighted by Crippen LogP contribution is 2.45. The summed E-state index contributed by atoms with van der Waals surface area (Å²) in [7, 11) is -7.60. The Morgan fingerprint density at radius 2 is 1.90 bits per heavy atom. The van der Waals surface area contributed by atoms with E-state index in [0.717, 1.165) is 10.6 Å². The van der Waals surface area contributed by atoms with Gasteiger partial charge in [-0.2, -0.15) is 0 Å². The Bertz CT molecular complexity index is 1250. The highest BCUT2D eigenvalue weighted by molar-refractivity contribution is 7.96. The number of hydrogen-bond acceptors (Lipinski definition) is 7. The zero-order chi connectivity index (χ0) is 20.6. The van der Waals surface area contributed by atoms with Gasteiger partial charge in [0.15, 0.2) is 19.7 Å². The molecule has 0 aliphatic carbocycles. The first-order chi connectivity index (χ1) is 13.8. The van der Waals surface area contributed by atoms with Crippen LogP contribution >= 0.6 is 11.3 Å². The first kappa shape index (κ1) is 20.1. The number of benzene rings is 2. The van der Waals surface area contributed by atoms with Gasteiger partial charge in [0, 0.05) is 16.9 Å². The Kier molecular flexibility index (Phi) is 5.22. The summed E-state index contributed by atoms with van der Waals surface area (Å²) >= 11 is 1.53. The fourth-order valence-electron chi connectivity index (χ4n) is 3.45. The van der Waals surface area contributed by atoms with Gasteiger partial charge in [0.1, 0.15) is 11.0 Å². The number of sulfone groups is 2. The van der Waals surface area contributed by atoms with Crippen LogP contribution in [-0.4, -0.2) is 34.2 Å². The van der Waals surface area contributed by atoms with Crippen LogP contribution < -0.4 is 4.74 Å². The number of aryl methyl sites for hydroxylation is 1. The van der Waals surface area contributed by atoms with Crippen LogP contribution in [0, 0.1) is 6.92 Å². The van der Waals surface area contributed by atoms with Crippen molar-refractivity contribution in [2.45, 2.75) is 28.4 Å². The molecule has 0 bridgehead atoms. The van der Waals surface area contributed by atoms with E-state index < -0.39 is 30.7 Å². The van der Waals surface area contributed by atoms with E-state index in [4.69, 9.17) is 4.74 Å². The van der Waals surface area contributed by atoms with E-state index in [9.17, 15) is 16.8 Å². The molecule has 1 aliphatic rings. The molecule has 6 nitrogen and oxygen atoms in total. The van der Waals surface area contributed by atoms with Crippen LogP contribution in [0.3, 0.4) is 0 Å². The average Bonchev–Trinajstić information content (AvgIpc) is 3.24. The van der Waals surface area contributed by atoms with Crippen LogP contribution in [0.15, 0.2) is 63.8 Å². The maximum Gasteiger partial charge on any atom is 0.186 e. The van der Waals surface area contributed by atoms with Crippen LogP contribution in [0.4, 0.5) is 0 Å². The molecule has 0 N–H and O–H groups in total. The normalized spacial score (nSPS) is 17.8. The van der Waals surface area contributed by atoms with Gasteiger partial charge < -0.3 is 4.74 Å². The van der Waals surface area contributed by atoms with Gasteiger partial charge in [-0.3, -0.25) is 0 Å². The number of ether oxygens (including phenoxy) is 1. The lowest BCUT2D eigenvalue weighted by Crippen LogP contribution is -2.16. The molecule has 9 heteroatoms. The molecule has 0 amide bonds. The second kappa shape index (κ2) is 7.55. The van der Waals surface area contributed by atoms with E-state index in [1.54, 1.807) is 35.8 Å². The number of hydrogen-bond donors (Lipinski definition) is 0. The van der Waals surface area contributed by atoms with Gasteiger partial charge in [-0.05, 0) is 31.2 Å². The summed E-state index contributed by atoms with van der Waals surface area (Å²) < 4.78 is 57.7. The third-order valence-electron chi connectivity index (χ3n) is 4.93. The van der Waals surface area contributed by atoms with Crippen molar-refractivity contribution in [3.05, 3.63) is 70.2 Å². The zero-order valence-electron chi connectivity index (χ0n) is 15.6. The van der Waals surface area contributed by atoms with Crippen molar-refractivity contribution in [2.24, 2.45) is 0 Å². The first-order valence-corrected chi connectivity index (χ1v) is 13.0. The third kappa shape index (κ3) is 3.70. The Morgan fingerprint density at radius 1 is 1.14 bits per heavy atom. The molecule has 0 saturated heterocycles. The summed E-state index contributed by atoms with van der Waals surface area (Å²) in [5.74, 6) is -0.177. The maximum atomic E-state index is 13.2. The summed E-state index contributed by atoms with van der Waals surface area (Å²) in [6, 6.07) is 12.6. The lowest BCUT2D eigenvalue weighted by atomic mass is 10.1. The Morgan fingerprint density at radius 3 is 2.59 bits per heavy atom. The van der Waals surface area contributed by atoms with Crippen molar-refractivity contribution in [2.75, 3.05) is 12.4 Å². The van der Waals surface area contributed by atoms with Crippen LogP contribution in [0.5, 0.6) is 5.75 Å². The lowest BCUT2D eigenvalue weighted by molar-refractivity contribution is 0.318. The number of nitrogens with zero attached hydrogens (tertiary/aromatic N) is 1. The fourth-order valence-corrected chi connectivity index (χ4v) is 8.57. The van der Waals surface area contributed by atoms with Crippen molar-refractivity contribution in [3.63, 3.8) is 0 Å². The predicted molar refractivity (Wildman–Crippen MR) is 111 cm³/mol. The highest BCUT2D eigenvalue weighted by atomic mass is 32.2. The summed E-state index contributed by atoms with van der Waals surface area (Å²) in [5.41, 5.74) is 2.93. The van der Waals surface area contributed by atoms with Gasteiger partial charge in [0.05, 0.1) is 33.4 Å². The van der Waals surface area contributed by atoms with Gasteiger partial charge in [0.2, 0.25) is 0 Å². The summed E-state index contributed by atoms with van der Waals surface area (Å²) in [5, 5.41) is -1.19. The minimum atomic E-state index is -3.89. The van der Waals surface area contributed by atoms with Gasteiger partial charge in [0.25, 0.3) is 0 Å². The zero-order valence-corrected chi connectivity index (χ0v) is 18.1. The van der Waals surface area contributed by atoms with Crippen LogP contribution in [0.1, 0.15) is 21.4 Å². The monoisotopic (exact) mass is 449 g/mol. The van der Waals surface area contributed by atoms with Crippen molar-refractivity contribution in [1.29, 1.82) is 0 Å². The molecule has 1 aromatic heterocycles. The van der Waals surface area contributed by atoms with Crippen molar-refractivity contribution in [3.8, 4) is 5.75 Å². The predicted octanol–water partition coefficient (Wildman–Crippen LogP) is 3.38. The van der Waals surface area contributed by atoms with Crippen molar-refractivity contribution >= 4 is 31.0 Å². The van der Waals surface area contributed by atoms with E-state index in [2.05, 4.69) is 4.98 Å². The molecule has 3 aromatic rings. The van der Waals surface area contributed by atoms with Gasteiger partial charge in [-0.25, -0.2) is 21.8 Å². The van der Waals surface area contributed by atoms with Crippen molar-refractivity contribution < 1.29 is 21.6 Å². The molecular weight excluding hydrogens is 430 g/mol. The SMILES string of the molecule is Cc1ncsc1CCOc1cccc2c1C(S(=O)(=O)c1ccccc1)CS2(=O)=O. The second-order valence-electron chi connectivity index (χ2n) is 6.76. The number of thiazole rings is 1. The van der Waals surface area contributed by atoms with Crippen LogP contribution in [0.25, 0.3) is 0 Å². The topological polar surface area (TPSA) is 90.4 Å². The molecule has 29 heavy (non-hydrogen) atoms. The summed E-state index contributed by atoms with van der Waals surface area (Å²) in [6.07, 6.45) is 0.614. The van der Waals surface area contributed by atoms with E-state index in [1.807, 2.05) is 6.92 Å². The standard InChI is InChI=1S/C20H19NO5S3/c1-14-17(27-13-21-14)10-11-26-16-8-5-9-18-20(16)19(12-28(18,22)23)29(24,25)15-6-3-2-4-7-15/h2-9,13,19H,10-12H2,1H3. The molecule has 152 valence electrons. The summed E-state index contributed by atoms with van der Waals surface area (Å²) in [4.78, 5) is 5.42. The quantitative estimate of drug-likeness (QED) is 0.573. The smallest absolute Gasteiger partial charge is 0.186 e. The van der Waals surface area contributed by atoms with E-state index >= 15 is 0 Å². The maximum absolute atomic E-state index is 13.2. The lowest BCUT2D eigenvalue weighted by Gasteiger charge is -2.16. The largest absolute Gasteiger partial charge is 0.493 e. The van der Waals surface area contributed by atoms with Crippen LogP contribution in [0.2, 0.25) is 0 Å². The molecule has 2 heterocycles. The number of rotatable bonds is 6. The molecule has 1 unspecified atom stereocenters. The minimum Gasteiger partial charge on any atom is -0.493 e. The number of fused-ring (bicyclic) bond motifs is 1. The summed E-state index contributed by atoms with van der Waals surface area (Å²) in [6.45, 7) is 2.22. The molecule has 4 rings (SSSR count). The fraction of sp³-hybridized carbons (Fsp3) is 0.250. The Hall–Kier alpha value is -2.23. The molecule has 0 spiro atoms. The number of aromatic nitrogens is 1. The molecule has 2 aromatic carbocycles. The molecule has 1 aliphatic heterocycles. The molecule has 0 fully saturated rings. The third-order valence-corrected chi connectivity index (χ3v) is 10.0. The average molecular weight is 450 g/mol.